The molecule has 4 aromatic rings. The van der Waals surface area contributed by atoms with Crippen molar-refractivity contribution in [1.82, 2.24) is 4.90 Å². The summed E-state index contributed by atoms with van der Waals surface area (Å²) in [5.41, 5.74) is 2.09. The molecule has 0 aromatic heterocycles. The number of hydrogen-bond acceptors (Lipinski definition) is 4. The van der Waals surface area contributed by atoms with Gasteiger partial charge in [-0.25, -0.2) is 0 Å². The summed E-state index contributed by atoms with van der Waals surface area (Å²) in [6, 6.07) is 25.3. The Kier molecular flexibility index (Phi) is 6.81. The Bertz CT molecular complexity index is 1200. The number of methoxy groups -OCH3 is 1. The molecule has 4 rings (SSSR count). The topological polar surface area (TPSA) is 24.9 Å². The van der Waals surface area contributed by atoms with Crippen molar-refractivity contribution in [2.24, 2.45) is 0 Å². The molecule has 4 aromatic carbocycles. The monoisotopic (exact) mass is 428 g/mol. The fourth-order valence-corrected chi connectivity index (χ4v) is 4.38. The third kappa shape index (κ3) is 4.23. The molecule has 0 radical (unpaired) electrons. The van der Waals surface area contributed by atoms with Gasteiger partial charge in [-0.15, -0.1) is 0 Å². The summed E-state index contributed by atoms with van der Waals surface area (Å²) in [7, 11) is 3.83. The molecule has 0 N–H and O–H groups in total. The third-order valence-electron chi connectivity index (χ3n) is 6.18. The highest BCUT2D eigenvalue weighted by atomic mass is 16.5. The van der Waals surface area contributed by atoms with Gasteiger partial charge in [0.15, 0.2) is 0 Å². The van der Waals surface area contributed by atoms with E-state index in [1.54, 1.807) is 7.11 Å². The third-order valence-corrected chi connectivity index (χ3v) is 6.18. The number of fused-ring (bicyclic) bond motifs is 2. The molecule has 166 valence electrons. The van der Waals surface area contributed by atoms with Crippen molar-refractivity contribution in [3.8, 4) is 11.5 Å². The van der Waals surface area contributed by atoms with Crippen LogP contribution in [0.4, 0.5) is 11.4 Å². The lowest BCUT2D eigenvalue weighted by molar-refractivity contribution is 0.223. The molecule has 0 atom stereocenters. The molecule has 0 spiro atoms. The van der Waals surface area contributed by atoms with Crippen LogP contribution in [0.15, 0.2) is 72.8 Å². The SMILES string of the molecule is CCN(CC)CCOc1ccc2ccccc2c1N(C)c1c(OC)ccc2ccccc12. The maximum absolute atomic E-state index is 6.38. The lowest BCUT2D eigenvalue weighted by atomic mass is 10.0. The summed E-state index contributed by atoms with van der Waals surface area (Å²) in [4.78, 5) is 4.59. The molecular formula is C28H32N2O2. The first-order valence-electron chi connectivity index (χ1n) is 11.3. The average molecular weight is 429 g/mol. The van der Waals surface area contributed by atoms with Crippen LogP contribution in [0.2, 0.25) is 0 Å². The molecule has 0 aliphatic heterocycles. The van der Waals surface area contributed by atoms with Gasteiger partial charge in [-0.3, -0.25) is 0 Å². The molecular weight excluding hydrogens is 396 g/mol. The van der Waals surface area contributed by atoms with E-state index in [4.69, 9.17) is 9.47 Å². The fraction of sp³-hybridized carbons (Fsp3) is 0.286. The van der Waals surface area contributed by atoms with Crippen molar-refractivity contribution < 1.29 is 9.47 Å². The Balaban J connectivity index is 1.83. The van der Waals surface area contributed by atoms with Gasteiger partial charge in [-0.05, 0) is 36.0 Å². The maximum Gasteiger partial charge on any atom is 0.143 e. The van der Waals surface area contributed by atoms with Crippen LogP contribution in [-0.4, -0.2) is 45.3 Å². The van der Waals surface area contributed by atoms with E-state index < -0.39 is 0 Å². The minimum Gasteiger partial charge on any atom is -0.495 e. The highest BCUT2D eigenvalue weighted by Gasteiger charge is 2.20. The van der Waals surface area contributed by atoms with Crippen molar-refractivity contribution in [2.75, 3.05) is 45.3 Å². The van der Waals surface area contributed by atoms with E-state index in [9.17, 15) is 0 Å². The van der Waals surface area contributed by atoms with Crippen LogP contribution >= 0.6 is 0 Å². The Morgan fingerprint density at radius 3 is 1.78 bits per heavy atom. The van der Waals surface area contributed by atoms with E-state index in [2.05, 4.69) is 97.4 Å². The Morgan fingerprint density at radius 2 is 1.22 bits per heavy atom. The van der Waals surface area contributed by atoms with Gasteiger partial charge in [-0.2, -0.15) is 0 Å². The lowest BCUT2D eigenvalue weighted by Gasteiger charge is -2.27. The maximum atomic E-state index is 6.38. The van der Waals surface area contributed by atoms with Crippen LogP contribution in [0.1, 0.15) is 13.8 Å². The molecule has 0 saturated heterocycles. The Labute approximate surface area is 191 Å². The van der Waals surface area contributed by atoms with Gasteiger partial charge in [0.1, 0.15) is 18.1 Å². The molecule has 4 heteroatoms. The lowest BCUT2D eigenvalue weighted by Crippen LogP contribution is -2.28. The van der Waals surface area contributed by atoms with Crippen molar-refractivity contribution >= 4 is 32.9 Å². The van der Waals surface area contributed by atoms with Crippen LogP contribution in [0, 0.1) is 0 Å². The van der Waals surface area contributed by atoms with Crippen LogP contribution in [0.3, 0.4) is 0 Å². The minimum atomic E-state index is 0.646. The first kappa shape index (κ1) is 22.0. The molecule has 0 saturated carbocycles. The number of anilines is 2. The van der Waals surface area contributed by atoms with Crippen molar-refractivity contribution in [3.63, 3.8) is 0 Å². The van der Waals surface area contributed by atoms with Gasteiger partial charge in [0, 0.05) is 24.4 Å². The largest absolute Gasteiger partial charge is 0.495 e. The van der Waals surface area contributed by atoms with Crippen LogP contribution in [-0.2, 0) is 0 Å². The molecule has 0 heterocycles. The van der Waals surface area contributed by atoms with E-state index in [-0.39, 0.29) is 0 Å². The van der Waals surface area contributed by atoms with Crippen LogP contribution in [0.5, 0.6) is 11.5 Å². The van der Waals surface area contributed by atoms with Gasteiger partial charge >= 0.3 is 0 Å². The summed E-state index contributed by atoms with van der Waals surface area (Å²) >= 11 is 0. The van der Waals surface area contributed by atoms with Crippen LogP contribution in [0.25, 0.3) is 21.5 Å². The summed E-state index contributed by atoms with van der Waals surface area (Å²) in [5, 5.41) is 4.67. The minimum absolute atomic E-state index is 0.646. The van der Waals surface area contributed by atoms with Gasteiger partial charge < -0.3 is 19.3 Å². The zero-order chi connectivity index (χ0) is 22.5. The Morgan fingerprint density at radius 1 is 0.688 bits per heavy atom. The van der Waals surface area contributed by atoms with Crippen molar-refractivity contribution in [1.29, 1.82) is 0 Å². The summed E-state index contributed by atoms with van der Waals surface area (Å²) in [5.74, 6) is 1.72. The number of likely N-dealkylation sites (N-methyl/N-ethyl adjacent to an activating group) is 1. The first-order valence-corrected chi connectivity index (χ1v) is 11.3. The molecule has 32 heavy (non-hydrogen) atoms. The van der Waals surface area contributed by atoms with Gasteiger partial charge in [-0.1, -0.05) is 74.5 Å². The van der Waals surface area contributed by atoms with E-state index in [0.29, 0.717) is 6.61 Å². The average Bonchev–Trinajstić information content (AvgIpc) is 2.85. The number of hydrogen-bond donors (Lipinski definition) is 0. The molecule has 0 unspecified atom stereocenters. The second kappa shape index (κ2) is 9.92. The van der Waals surface area contributed by atoms with Crippen molar-refractivity contribution in [3.05, 3.63) is 72.8 Å². The standard InChI is InChI=1S/C28H32N2O2/c1-5-30(6-2)19-20-32-26-18-16-22-12-8-10-14-24(22)28(26)29(3)27-23-13-9-7-11-21(23)15-17-25(27)31-4/h7-18H,5-6,19-20H2,1-4H3. The zero-order valence-corrected chi connectivity index (χ0v) is 19.5. The van der Waals surface area contributed by atoms with E-state index in [0.717, 1.165) is 53.3 Å². The second-order valence-electron chi connectivity index (χ2n) is 7.91. The summed E-state index contributed by atoms with van der Waals surface area (Å²) < 4.78 is 12.2. The predicted molar refractivity (Wildman–Crippen MR) is 136 cm³/mol. The smallest absolute Gasteiger partial charge is 0.143 e. The number of nitrogens with zero attached hydrogens (tertiary/aromatic N) is 2. The highest BCUT2D eigenvalue weighted by Crippen LogP contribution is 2.45. The zero-order valence-electron chi connectivity index (χ0n) is 19.5. The Hall–Kier alpha value is -3.24. The van der Waals surface area contributed by atoms with Gasteiger partial charge in [0.25, 0.3) is 0 Å². The number of benzene rings is 4. The molecule has 0 amide bonds. The number of rotatable bonds is 9. The first-order chi connectivity index (χ1) is 15.7. The van der Waals surface area contributed by atoms with E-state index in [1.165, 1.54) is 10.8 Å². The van der Waals surface area contributed by atoms with E-state index in [1.807, 2.05) is 6.07 Å². The second-order valence-corrected chi connectivity index (χ2v) is 7.91. The summed E-state index contributed by atoms with van der Waals surface area (Å²) in [6.45, 7) is 7.97. The van der Waals surface area contributed by atoms with E-state index >= 15 is 0 Å². The normalized spacial score (nSPS) is 11.3. The van der Waals surface area contributed by atoms with Crippen molar-refractivity contribution in [2.45, 2.75) is 13.8 Å². The fourth-order valence-electron chi connectivity index (χ4n) is 4.38. The van der Waals surface area contributed by atoms with Gasteiger partial charge in [0.2, 0.25) is 0 Å². The highest BCUT2D eigenvalue weighted by molar-refractivity contribution is 6.05. The molecule has 0 aliphatic carbocycles. The molecule has 0 aliphatic rings. The number of ether oxygens (including phenoxy) is 2. The van der Waals surface area contributed by atoms with Gasteiger partial charge in [0.05, 0.1) is 18.5 Å². The quantitative estimate of drug-likeness (QED) is 0.304. The van der Waals surface area contributed by atoms with Crippen LogP contribution < -0.4 is 14.4 Å². The summed E-state index contributed by atoms with van der Waals surface area (Å²) in [6.07, 6.45) is 0. The molecule has 0 bridgehead atoms. The predicted octanol–water partition coefficient (Wildman–Crippen LogP) is 6.49. The molecule has 4 nitrogen and oxygen atoms in total. The molecule has 0 fully saturated rings.